The molecule has 1 aromatic heterocycles. The van der Waals surface area contributed by atoms with E-state index in [1.165, 1.54) is 4.57 Å². The van der Waals surface area contributed by atoms with Gasteiger partial charge in [-0.1, -0.05) is 18.2 Å². The van der Waals surface area contributed by atoms with Crippen molar-refractivity contribution in [2.24, 2.45) is 0 Å². The number of para-hydroxylation sites is 1. The van der Waals surface area contributed by atoms with Crippen molar-refractivity contribution in [1.82, 2.24) is 9.55 Å². The number of aromatic nitrogens is 2. The van der Waals surface area contributed by atoms with Gasteiger partial charge in [-0.3, -0.25) is 9.36 Å². The third-order valence-electron chi connectivity index (χ3n) is 3.77. The lowest BCUT2D eigenvalue weighted by Gasteiger charge is -2.11. The monoisotopic (exact) mass is 349 g/mol. The van der Waals surface area contributed by atoms with E-state index in [1.54, 1.807) is 44.2 Å². The van der Waals surface area contributed by atoms with Gasteiger partial charge in [0.05, 0.1) is 0 Å². The van der Waals surface area contributed by atoms with Crippen LogP contribution < -0.4 is 15.7 Å². The van der Waals surface area contributed by atoms with E-state index >= 15 is 0 Å². The van der Waals surface area contributed by atoms with Crippen LogP contribution in [0.1, 0.15) is 11.4 Å². The molecule has 0 aliphatic rings. The van der Waals surface area contributed by atoms with Crippen LogP contribution in [0.2, 0.25) is 0 Å². The van der Waals surface area contributed by atoms with Gasteiger partial charge in [-0.2, -0.15) is 4.98 Å². The van der Waals surface area contributed by atoms with Crippen molar-refractivity contribution in [3.05, 3.63) is 82.5 Å². The zero-order valence-electron chi connectivity index (χ0n) is 14.6. The van der Waals surface area contributed by atoms with Crippen LogP contribution in [0, 0.1) is 13.8 Å². The van der Waals surface area contributed by atoms with E-state index in [0.717, 1.165) is 5.75 Å². The van der Waals surface area contributed by atoms with Crippen molar-refractivity contribution in [2.45, 2.75) is 20.4 Å². The van der Waals surface area contributed by atoms with Gasteiger partial charge in [-0.15, -0.1) is 0 Å². The Morgan fingerprint density at radius 2 is 1.69 bits per heavy atom. The highest BCUT2D eigenvalue weighted by atomic mass is 16.5. The van der Waals surface area contributed by atoms with Crippen LogP contribution in [0.25, 0.3) is 0 Å². The molecule has 0 fully saturated rings. The number of ether oxygens (including phenoxy) is 1. The first-order chi connectivity index (χ1) is 12.5. The van der Waals surface area contributed by atoms with Gasteiger partial charge in [0.1, 0.15) is 18.0 Å². The van der Waals surface area contributed by atoms with Gasteiger partial charge >= 0.3 is 5.69 Å². The second-order valence-corrected chi connectivity index (χ2v) is 5.90. The summed E-state index contributed by atoms with van der Waals surface area (Å²) in [6.07, 6.45) is 0. The molecule has 6 heteroatoms. The number of rotatable bonds is 5. The van der Waals surface area contributed by atoms with Crippen LogP contribution in [0.15, 0.2) is 65.5 Å². The number of carbonyl (C=O) groups excluding carboxylic acids is 1. The van der Waals surface area contributed by atoms with Gasteiger partial charge in [0.2, 0.25) is 5.91 Å². The van der Waals surface area contributed by atoms with E-state index in [2.05, 4.69) is 10.3 Å². The van der Waals surface area contributed by atoms with Gasteiger partial charge in [-0.25, -0.2) is 4.79 Å². The fourth-order valence-electron chi connectivity index (χ4n) is 2.54. The van der Waals surface area contributed by atoms with E-state index in [9.17, 15) is 9.59 Å². The summed E-state index contributed by atoms with van der Waals surface area (Å²) in [7, 11) is 0. The van der Waals surface area contributed by atoms with Crippen LogP contribution in [-0.2, 0) is 11.3 Å². The summed E-state index contributed by atoms with van der Waals surface area (Å²) in [5.74, 6) is 1.12. The fraction of sp³-hybridized carbons (Fsp3) is 0.150. The lowest BCUT2D eigenvalue weighted by atomic mass is 10.3. The minimum Gasteiger partial charge on any atom is -0.457 e. The molecule has 0 radical (unpaired) electrons. The molecule has 0 saturated carbocycles. The second-order valence-electron chi connectivity index (χ2n) is 5.90. The molecule has 0 spiro atoms. The Balaban J connectivity index is 1.64. The molecule has 2 aromatic carbocycles. The van der Waals surface area contributed by atoms with Gasteiger partial charge in [0, 0.05) is 17.1 Å². The predicted octanol–water partition coefficient (Wildman–Crippen LogP) is 3.29. The molecule has 6 nitrogen and oxygen atoms in total. The minimum absolute atomic E-state index is 0.0831. The normalized spacial score (nSPS) is 10.4. The molecule has 3 rings (SSSR count). The van der Waals surface area contributed by atoms with Gasteiger partial charge in [0.15, 0.2) is 0 Å². The summed E-state index contributed by atoms with van der Waals surface area (Å²) in [4.78, 5) is 28.0. The molecule has 1 N–H and O–H groups in total. The molecule has 132 valence electrons. The minimum atomic E-state index is -0.427. The number of nitrogens with one attached hydrogen (secondary N) is 1. The molecule has 0 atom stereocenters. The number of amides is 1. The summed E-state index contributed by atoms with van der Waals surface area (Å²) in [5, 5.41) is 2.77. The molecule has 0 saturated heterocycles. The first kappa shape index (κ1) is 17.4. The van der Waals surface area contributed by atoms with E-state index in [-0.39, 0.29) is 12.5 Å². The van der Waals surface area contributed by atoms with Crippen LogP contribution in [0.3, 0.4) is 0 Å². The Bertz CT molecular complexity index is 964. The number of aryl methyl sites for hydroxylation is 2. The molecular weight excluding hydrogens is 330 g/mol. The fourth-order valence-corrected chi connectivity index (χ4v) is 2.54. The molecule has 26 heavy (non-hydrogen) atoms. The Kier molecular flexibility index (Phi) is 5.12. The number of benzene rings is 2. The van der Waals surface area contributed by atoms with E-state index in [4.69, 9.17) is 4.74 Å². The van der Waals surface area contributed by atoms with Crippen molar-refractivity contribution in [3.8, 4) is 11.5 Å². The average molecular weight is 349 g/mol. The number of anilines is 1. The van der Waals surface area contributed by atoms with E-state index < -0.39 is 5.69 Å². The van der Waals surface area contributed by atoms with Crippen LogP contribution in [0.5, 0.6) is 11.5 Å². The molecule has 0 aliphatic carbocycles. The Morgan fingerprint density at radius 1 is 1.04 bits per heavy atom. The average Bonchev–Trinajstić information content (AvgIpc) is 2.61. The number of nitrogens with zero attached hydrogens (tertiary/aromatic N) is 2. The maximum atomic E-state index is 12.2. The van der Waals surface area contributed by atoms with Crippen LogP contribution in [-0.4, -0.2) is 15.5 Å². The third-order valence-corrected chi connectivity index (χ3v) is 3.77. The molecular formula is C20H19N3O3. The van der Waals surface area contributed by atoms with Crippen molar-refractivity contribution >= 4 is 11.6 Å². The lowest BCUT2D eigenvalue weighted by Crippen LogP contribution is -2.31. The number of hydrogen-bond donors (Lipinski definition) is 1. The maximum Gasteiger partial charge on any atom is 0.348 e. The van der Waals surface area contributed by atoms with E-state index in [1.807, 2.05) is 30.3 Å². The zero-order valence-corrected chi connectivity index (χ0v) is 14.6. The zero-order chi connectivity index (χ0) is 18.5. The molecule has 1 amide bonds. The third kappa shape index (κ3) is 4.36. The Morgan fingerprint density at radius 3 is 2.35 bits per heavy atom. The SMILES string of the molecule is Cc1cc(C)n(CC(=O)Nc2ccc(Oc3ccccc3)cc2)c(=O)n1. The molecule has 0 bridgehead atoms. The van der Waals surface area contributed by atoms with Gasteiger partial charge in [0.25, 0.3) is 0 Å². The van der Waals surface area contributed by atoms with Crippen LogP contribution in [0.4, 0.5) is 5.69 Å². The van der Waals surface area contributed by atoms with Crippen molar-refractivity contribution in [1.29, 1.82) is 0 Å². The first-order valence-corrected chi connectivity index (χ1v) is 8.19. The predicted molar refractivity (Wildman–Crippen MR) is 99.6 cm³/mol. The largest absolute Gasteiger partial charge is 0.457 e. The van der Waals surface area contributed by atoms with E-state index in [0.29, 0.717) is 22.8 Å². The molecule has 3 aromatic rings. The highest BCUT2D eigenvalue weighted by molar-refractivity contribution is 5.90. The molecule has 1 heterocycles. The van der Waals surface area contributed by atoms with Gasteiger partial charge in [-0.05, 0) is 56.3 Å². The number of carbonyl (C=O) groups is 1. The summed E-state index contributed by atoms with van der Waals surface area (Å²) < 4.78 is 7.05. The quantitative estimate of drug-likeness (QED) is 0.767. The summed E-state index contributed by atoms with van der Waals surface area (Å²) in [6.45, 7) is 3.44. The maximum absolute atomic E-state index is 12.2. The van der Waals surface area contributed by atoms with Crippen LogP contribution >= 0.6 is 0 Å². The summed E-state index contributed by atoms with van der Waals surface area (Å²) in [5.41, 5.74) is 1.54. The standard InChI is InChI=1S/C20H19N3O3/c1-14-12-15(2)23(20(25)21-14)13-19(24)22-16-8-10-18(11-9-16)26-17-6-4-3-5-7-17/h3-12H,13H2,1-2H3,(H,22,24). The van der Waals surface area contributed by atoms with Crippen molar-refractivity contribution < 1.29 is 9.53 Å². The second kappa shape index (κ2) is 7.65. The Labute approximate surface area is 151 Å². The lowest BCUT2D eigenvalue weighted by molar-refractivity contribution is -0.116. The van der Waals surface area contributed by atoms with Gasteiger partial charge < -0.3 is 10.1 Å². The van der Waals surface area contributed by atoms with Crippen molar-refractivity contribution in [2.75, 3.05) is 5.32 Å². The molecule has 0 aliphatic heterocycles. The summed E-state index contributed by atoms with van der Waals surface area (Å²) in [6, 6.07) is 18.3. The smallest absolute Gasteiger partial charge is 0.348 e. The highest BCUT2D eigenvalue weighted by Crippen LogP contribution is 2.22. The first-order valence-electron chi connectivity index (χ1n) is 8.19. The van der Waals surface area contributed by atoms with Crippen molar-refractivity contribution in [3.63, 3.8) is 0 Å². The summed E-state index contributed by atoms with van der Waals surface area (Å²) >= 11 is 0. The highest BCUT2D eigenvalue weighted by Gasteiger charge is 2.09. The number of hydrogen-bond acceptors (Lipinski definition) is 4. The molecule has 0 unspecified atom stereocenters. The Hall–Kier alpha value is -3.41. The topological polar surface area (TPSA) is 73.2 Å².